The smallest absolute Gasteiger partial charge is 0.320 e. The highest BCUT2D eigenvalue weighted by atomic mass is 16.7. The van der Waals surface area contributed by atoms with Crippen molar-refractivity contribution < 1.29 is 28.6 Å². The minimum Gasteiger partial charge on any atom is -0.379 e. The van der Waals surface area contributed by atoms with Crippen LogP contribution in [-0.4, -0.2) is 58.8 Å². The van der Waals surface area contributed by atoms with Crippen molar-refractivity contribution in [2.45, 2.75) is 13.3 Å². The average Bonchev–Trinajstić information content (AvgIpc) is 2.46. The van der Waals surface area contributed by atoms with Crippen molar-refractivity contribution in [1.82, 2.24) is 0 Å². The summed E-state index contributed by atoms with van der Waals surface area (Å²) in [6.45, 7) is 5.72. The Morgan fingerprint density at radius 1 is 0.950 bits per heavy atom. The van der Waals surface area contributed by atoms with Crippen LogP contribution in [0.25, 0.3) is 10.4 Å². The highest BCUT2D eigenvalue weighted by Gasteiger charge is 2.01. The van der Waals surface area contributed by atoms with Crippen molar-refractivity contribution in [2.24, 2.45) is 5.28 Å². The molecule has 0 unspecified atom stereocenters. The van der Waals surface area contributed by atoms with Crippen molar-refractivity contribution >= 4 is 5.97 Å². The summed E-state index contributed by atoms with van der Waals surface area (Å²) in [6.07, 6.45) is 0.0273. The summed E-state index contributed by atoms with van der Waals surface area (Å²) < 4.78 is 20.7. The molecule has 0 saturated heterocycles. The Kier molecular flexibility index (Phi) is 14.6. The quantitative estimate of drug-likeness (QED) is 0.156. The first-order valence-corrected chi connectivity index (χ1v) is 6.36. The Morgan fingerprint density at radius 2 is 1.45 bits per heavy atom. The second kappa shape index (κ2) is 15.7. The van der Waals surface area contributed by atoms with Gasteiger partial charge in [-0.1, -0.05) is 0 Å². The molecule has 0 aromatic heterocycles. The molecule has 0 radical (unpaired) electrons. The lowest BCUT2D eigenvalue weighted by atomic mass is 10.5. The highest BCUT2D eigenvalue weighted by Crippen LogP contribution is 1.89. The van der Waals surface area contributed by atoms with E-state index in [0.29, 0.717) is 46.2 Å². The molecule has 0 aliphatic rings. The lowest BCUT2D eigenvalue weighted by Crippen LogP contribution is -2.13. The van der Waals surface area contributed by atoms with Gasteiger partial charge < -0.3 is 23.8 Å². The SMILES string of the molecule is CCOCCOCCOCCOCCC(=O)ON=[N+]=[N-]. The van der Waals surface area contributed by atoms with Gasteiger partial charge in [-0.25, -0.2) is 0 Å². The van der Waals surface area contributed by atoms with Gasteiger partial charge in [-0.05, 0) is 12.5 Å². The molecule has 0 bridgehead atoms. The van der Waals surface area contributed by atoms with Gasteiger partial charge >= 0.3 is 5.97 Å². The lowest BCUT2D eigenvalue weighted by molar-refractivity contribution is -0.145. The van der Waals surface area contributed by atoms with E-state index < -0.39 is 5.97 Å². The minimum absolute atomic E-state index is 0.0273. The molecule has 0 spiro atoms. The van der Waals surface area contributed by atoms with Crippen molar-refractivity contribution in [2.75, 3.05) is 52.9 Å². The fourth-order valence-electron chi connectivity index (χ4n) is 1.07. The van der Waals surface area contributed by atoms with Crippen LogP contribution in [-0.2, 0) is 28.6 Å². The number of azide groups is 1. The first kappa shape index (κ1) is 18.6. The molecule has 0 aromatic rings. The standard InChI is InChI=1S/C11H21N3O6/c1-2-16-5-6-18-9-10-19-8-7-17-4-3-11(15)20-14-13-12/h2-10H2,1H3. The summed E-state index contributed by atoms with van der Waals surface area (Å²) in [5, 5.41) is 2.68. The maximum Gasteiger partial charge on any atom is 0.320 e. The number of nitrogens with zero attached hydrogens (tertiary/aromatic N) is 3. The van der Waals surface area contributed by atoms with Crippen molar-refractivity contribution in [3.63, 3.8) is 0 Å². The van der Waals surface area contributed by atoms with Crippen LogP contribution < -0.4 is 0 Å². The van der Waals surface area contributed by atoms with E-state index in [1.807, 2.05) is 6.92 Å². The van der Waals surface area contributed by atoms with Crippen LogP contribution in [0.3, 0.4) is 0 Å². The monoisotopic (exact) mass is 291 g/mol. The van der Waals surface area contributed by atoms with Gasteiger partial charge in [-0.3, -0.25) is 4.79 Å². The molecule has 0 atom stereocenters. The topological polar surface area (TPSA) is 112 Å². The van der Waals surface area contributed by atoms with Crippen LogP contribution in [0, 0.1) is 0 Å². The van der Waals surface area contributed by atoms with E-state index in [0.717, 1.165) is 0 Å². The lowest BCUT2D eigenvalue weighted by Gasteiger charge is -2.06. The molecule has 0 aliphatic heterocycles. The molecule has 116 valence electrons. The van der Waals surface area contributed by atoms with E-state index in [-0.39, 0.29) is 13.0 Å². The molecule has 0 N–H and O–H groups in total. The minimum atomic E-state index is -0.633. The molecular formula is C11H21N3O6. The van der Waals surface area contributed by atoms with Gasteiger partial charge in [-0.15, -0.1) is 0 Å². The van der Waals surface area contributed by atoms with E-state index in [1.165, 1.54) is 0 Å². The molecule has 0 fully saturated rings. The first-order valence-electron chi connectivity index (χ1n) is 6.36. The summed E-state index contributed by atoms with van der Waals surface area (Å²) in [6, 6.07) is 0. The second-order valence-electron chi connectivity index (χ2n) is 3.42. The Labute approximate surface area is 117 Å². The molecule has 20 heavy (non-hydrogen) atoms. The molecule has 0 aliphatic carbocycles. The normalized spacial score (nSPS) is 10.1. The number of carbonyl (C=O) groups excluding carboxylic acids is 1. The van der Waals surface area contributed by atoms with Crippen molar-refractivity contribution in [1.29, 1.82) is 0 Å². The molecule has 0 heterocycles. The van der Waals surface area contributed by atoms with Crippen molar-refractivity contribution in [3.05, 3.63) is 10.4 Å². The molecule has 0 aromatic carbocycles. The number of hydrogen-bond donors (Lipinski definition) is 0. The van der Waals surface area contributed by atoms with E-state index in [9.17, 15) is 4.79 Å². The van der Waals surface area contributed by atoms with Crippen LogP contribution in [0.1, 0.15) is 13.3 Å². The van der Waals surface area contributed by atoms with Gasteiger partial charge in [0.1, 0.15) is 5.28 Å². The summed E-state index contributed by atoms with van der Waals surface area (Å²) in [4.78, 5) is 17.3. The van der Waals surface area contributed by atoms with Crippen LogP contribution in [0.5, 0.6) is 0 Å². The van der Waals surface area contributed by atoms with Gasteiger partial charge in [0.2, 0.25) is 0 Å². The van der Waals surface area contributed by atoms with Crippen LogP contribution >= 0.6 is 0 Å². The zero-order valence-electron chi connectivity index (χ0n) is 11.7. The van der Waals surface area contributed by atoms with E-state index in [4.69, 9.17) is 24.5 Å². The Bertz CT molecular complexity index is 283. The molecule has 9 heteroatoms. The Morgan fingerprint density at radius 3 is 1.95 bits per heavy atom. The summed E-state index contributed by atoms with van der Waals surface area (Å²) in [5.41, 5.74) is 7.90. The summed E-state index contributed by atoms with van der Waals surface area (Å²) in [5.74, 6) is -0.633. The third-order valence-electron chi connectivity index (χ3n) is 1.95. The number of carbonyl (C=O) groups is 1. The maximum atomic E-state index is 10.9. The number of ether oxygens (including phenoxy) is 4. The first-order chi connectivity index (χ1) is 9.81. The Hall–Kier alpha value is -1.38. The van der Waals surface area contributed by atoms with Crippen LogP contribution in [0.2, 0.25) is 0 Å². The fraction of sp³-hybridized carbons (Fsp3) is 0.909. The van der Waals surface area contributed by atoms with Crippen molar-refractivity contribution in [3.8, 4) is 0 Å². The fourth-order valence-corrected chi connectivity index (χ4v) is 1.07. The Balaban J connectivity index is 3.09. The second-order valence-corrected chi connectivity index (χ2v) is 3.42. The third-order valence-corrected chi connectivity index (χ3v) is 1.95. The number of hydrogen-bond acceptors (Lipinski definition) is 7. The molecule has 0 amide bonds. The third kappa shape index (κ3) is 14.7. The van der Waals surface area contributed by atoms with Gasteiger partial charge in [0.15, 0.2) is 0 Å². The van der Waals surface area contributed by atoms with Gasteiger partial charge in [0.05, 0.1) is 52.7 Å². The van der Waals surface area contributed by atoms with Gasteiger partial charge in [0.25, 0.3) is 0 Å². The largest absolute Gasteiger partial charge is 0.379 e. The molecule has 0 rings (SSSR count). The summed E-state index contributed by atoms with van der Waals surface area (Å²) in [7, 11) is 0. The summed E-state index contributed by atoms with van der Waals surface area (Å²) >= 11 is 0. The number of rotatable bonds is 14. The predicted molar refractivity (Wildman–Crippen MR) is 68.8 cm³/mol. The van der Waals surface area contributed by atoms with E-state index in [1.54, 1.807) is 0 Å². The molecular weight excluding hydrogens is 270 g/mol. The molecule has 9 nitrogen and oxygen atoms in total. The average molecular weight is 291 g/mol. The molecule has 0 saturated carbocycles. The van der Waals surface area contributed by atoms with Gasteiger partial charge in [-0.2, -0.15) is 0 Å². The highest BCUT2D eigenvalue weighted by molar-refractivity contribution is 5.69. The predicted octanol–water partition coefficient (Wildman–Crippen LogP) is 1.23. The zero-order valence-corrected chi connectivity index (χ0v) is 11.7. The van der Waals surface area contributed by atoms with Crippen LogP contribution in [0.4, 0.5) is 0 Å². The zero-order chi connectivity index (χ0) is 14.9. The maximum absolute atomic E-state index is 10.9. The van der Waals surface area contributed by atoms with Gasteiger partial charge in [0, 0.05) is 11.5 Å². The van der Waals surface area contributed by atoms with E-state index >= 15 is 0 Å². The van der Waals surface area contributed by atoms with Crippen LogP contribution in [0.15, 0.2) is 5.28 Å². The van der Waals surface area contributed by atoms with E-state index in [2.05, 4.69) is 15.0 Å².